The summed E-state index contributed by atoms with van der Waals surface area (Å²) in [5.74, 6) is -0.00183. The SMILES string of the molecule is Cc1ccc(NC(=O)[C@@H]([NH2+]C2CC2)c2ccccc2)cc1Cl. The van der Waals surface area contributed by atoms with Crippen LogP contribution in [-0.4, -0.2) is 11.9 Å². The van der Waals surface area contributed by atoms with Gasteiger partial charge in [-0.1, -0.05) is 48.0 Å². The van der Waals surface area contributed by atoms with Gasteiger partial charge in [-0.05, 0) is 24.6 Å². The Morgan fingerprint density at radius 1 is 1.23 bits per heavy atom. The molecule has 1 amide bonds. The second-order valence-electron chi connectivity index (χ2n) is 5.87. The molecule has 1 aliphatic carbocycles. The number of carbonyl (C=O) groups is 1. The smallest absolute Gasteiger partial charge is 0.287 e. The van der Waals surface area contributed by atoms with E-state index in [1.807, 2.05) is 49.4 Å². The van der Waals surface area contributed by atoms with E-state index in [0.717, 1.165) is 16.8 Å². The van der Waals surface area contributed by atoms with Crippen LogP contribution in [0.5, 0.6) is 0 Å². The highest BCUT2D eigenvalue weighted by atomic mass is 35.5. The number of hydrogen-bond donors (Lipinski definition) is 2. The summed E-state index contributed by atoms with van der Waals surface area (Å²) in [7, 11) is 0. The number of nitrogens with one attached hydrogen (secondary N) is 1. The van der Waals surface area contributed by atoms with Crippen LogP contribution in [0.15, 0.2) is 48.5 Å². The Labute approximate surface area is 135 Å². The minimum atomic E-state index is -0.214. The number of anilines is 1. The lowest BCUT2D eigenvalue weighted by atomic mass is 10.1. The molecule has 3 nitrogen and oxygen atoms in total. The minimum Gasteiger partial charge on any atom is -0.330 e. The van der Waals surface area contributed by atoms with Crippen LogP contribution in [0.2, 0.25) is 5.02 Å². The zero-order chi connectivity index (χ0) is 15.5. The van der Waals surface area contributed by atoms with E-state index >= 15 is 0 Å². The molecule has 2 aromatic carbocycles. The molecule has 4 heteroatoms. The molecule has 0 heterocycles. The van der Waals surface area contributed by atoms with E-state index in [2.05, 4.69) is 10.6 Å². The standard InChI is InChI=1S/C18H19ClN2O/c1-12-7-8-15(11-16(12)19)21-18(22)17(20-14-9-10-14)13-5-3-2-4-6-13/h2-8,11,14,17,20H,9-10H2,1H3,(H,21,22)/p+1/t17-/m0/s1. The van der Waals surface area contributed by atoms with Crippen LogP contribution >= 0.6 is 11.6 Å². The molecule has 1 saturated carbocycles. The van der Waals surface area contributed by atoms with Gasteiger partial charge in [-0.25, -0.2) is 0 Å². The fourth-order valence-corrected chi connectivity index (χ4v) is 2.64. The van der Waals surface area contributed by atoms with Crippen molar-refractivity contribution >= 4 is 23.2 Å². The van der Waals surface area contributed by atoms with Gasteiger partial charge in [0, 0.05) is 29.1 Å². The summed E-state index contributed by atoms with van der Waals surface area (Å²) in [6.45, 7) is 1.95. The summed E-state index contributed by atoms with van der Waals surface area (Å²) in [4.78, 5) is 12.7. The van der Waals surface area contributed by atoms with Crippen LogP contribution in [0.25, 0.3) is 0 Å². The molecular formula is C18H20ClN2O+. The van der Waals surface area contributed by atoms with Crippen molar-refractivity contribution in [3.8, 4) is 0 Å². The Bertz CT molecular complexity index is 668. The number of amides is 1. The molecular weight excluding hydrogens is 296 g/mol. The van der Waals surface area contributed by atoms with E-state index in [1.54, 1.807) is 6.07 Å². The number of rotatable bonds is 5. The van der Waals surface area contributed by atoms with E-state index in [-0.39, 0.29) is 11.9 Å². The third kappa shape index (κ3) is 3.67. The molecule has 1 fully saturated rings. The van der Waals surface area contributed by atoms with E-state index in [9.17, 15) is 4.79 Å². The fourth-order valence-electron chi connectivity index (χ4n) is 2.46. The first kappa shape index (κ1) is 15.1. The lowest BCUT2D eigenvalue weighted by Gasteiger charge is -2.16. The zero-order valence-electron chi connectivity index (χ0n) is 12.6. The molecule has 0 spiro atoms. The third-order valence-corrected chi connectivity index (χ3v) is 4.37. The number of quaternary nitrogens is 1. The van der Waals surface area contributed by atoms with E-state index in [0.29, 0.717) is 11.1 Å². The van der Waals surface area contributed by atoms with Gasteiger partial charge in [-0.3, -0.25) is 4.79 Å². The highest BCUT2D eigenvalue weighted by Crippen LogP contribution is 2.22. The van der Waals surface area contributed by atoms with Crippen molar-refractivity contribution in [1.82, 2.24) is 0 Å². The zero-order valence-corrected chi connectivity index (χ0v) is 13.3. The molecule has 0 bridgehead atoms. The summed E-state index contributed by atoms with van der Waals surface area (Å²) >= 11 is 6.13. The minimum absolute atomic E-state index is 0.00183. The van der Waals surface area contributed by atoms with Crippen molar-refractivity contribution in [3.05, 3.63) is 64.7 Å². The Kier molecular flexibility index (Phi) is 4.46. The number of halogens is 1. The van der Waals surface area contributed by atoms with Crippen LogP contribution in [0.4, 0.5) is 5.69 Å². The molecule has 22 heavy (non-hydrogen) atoms. The summed E-state index contributed by atoms with van der Waals surface area (Å²) in [5, 5.41) is 5.82. The molecule has 0 saturated heterocycles. The van der Waals surface area contributed by atoms with Crippen molar-refractivity contribution in [2.45, 2.75) is 31.8 Å². The van der Waals surface area contributed by atoms with Gasteiger partial charge in [0.1, 0.15) is 0 Å². The van der Waals surface area contributed by atoms with Crippen LogP contribution in [0.1, 0.15) is 30.0 Å². The van der Waals surface area contributed by atoms with Crippen LogP contribution in [0.3, 0.4) is 0 Å². The van der Waals surface area contributed by atoms with Crippen molar-refractivity contribution in [2.24, 2.45) is 0 Å². The van der Waals surface area contributed by atoms with Gasteiger partial charge in [0.25, 0.3) is 5.91 Å². The average molecular weight is 316 g/mol. The largest absolute Gasteiger partial charge is 0.330 e. The van der Waals surface area contributed by atoms with Gasteiger partial charge in [0.15, 0.2) is 6.04 Å². The van der Waals surface area contributed by atoms with Gasteiger partial charge in [0.2, 0.25) is 0 Å². The monoisotopic (exact) mass is 315 g/mol. The molecule has 0 radical (unpaired) electrons. The van der Waals surface area contributed by atoms with Crippen LogP contribution < -0.4 is 10.6 Å². The molecule has 0 aromatic heterocycles. The highest BCUT2D eigenvalue weighted by Gasteiger charge is 2.33. The molecule has 0 aliphatic heterocycles. The number of nitrogens with two attached hydrogens (primary N) is 1. The van der Waals surface area contributed by atoms with E-state index in [4.69, 9.17) is 11.6 Å². The molecule has 2 aromatic rings. The first-order valence-corrected chi connectivity index (χ1v) is 7.98. The fraction of sp³-hybridized carbons (Fsp3) is 0.278. The van der Waals surface area contributed by atoms with Crippen LogP contribution in [0, 0.1) is 6.92 Å². The predicted molar refractivity (Wildman–Crippen MR) is 88.9 cm³/mol. The summed E-state index contributed by atoms with van der Waals surface area (Å²) in [6, 6.07) is 15.9. The van der Waals surface area contributed by atoms with Gasteiger partial charge in [0.05, 0.1) is 6.04 Å². The molecule has 1 atom stereocenters. The van der Waals surface area contributed by atoms with Crippen molar-refractivity contribution in [1.29, 1.82) is 0 Å². The molecule has 0 unspecified atom stereocenters. The van der Waals surface area contributed by atoms with Gasteiger partial charge in [-0.2, -0.15) is 0 Å². The summed E-state index contributed by atoms with van der Waals surface area (Å²) in [6.07, 6.45) is 2.37. The quantitative estimate of drug-likeness (QED) is 0.875. The number of carbonyl (C=O) groups excluding carboxylic acids is 1. The van der Waals surface area contributed by atoms with Gasteiger partial charge in [-0.15, -0.1) is 0 Å². The lowest BCUT2D eigenvalue weighted by Crippen LogP contribution is -2.88. The Balaban J connectivity index is 1.78. The number of hydrogen-bond acceptors (Lipinski definition) is 1. The summed E-state index contributed by atoms with van der Waals surface area (Å²) in [5.41, 5.74) is 2.78. The molecule has 3 N–H and O–H groups in total. The maximum atomic E-state index is 12.7. The molecule has 114 valence electrons. The average Bonchev–Trinajstić information content (AvgIpc) is 3.33. The second-order valence-corrected chi connectivity index (χ2v) is 6.28. The maximum Gasteiger partial charge on any atom is 0.287 e. The molecule has 3 rings (SSSR count). The first-order chi connectivity index (χ1) is 10.6. The number of benzene rings is 2. The second kappa shape index (κ2) is 6.51. The van der Waals surface area contributed by atoms with Gasteiger partial charge < -0.3 is 10.6 Å². The van der Waals surface area contributed by atoms with Crippen molar-refractivity contribution in [2.75, 3.05) is 5.32 Å². The predicted octanol–water partition coefficient (Wildman–Crippen LogP) is 3.05. The van der Waals surface area contributed by atoms with E-state index in [1.165, 1.54) is 12.8 Å². The Morgan fingerprint density at radius 2 is 1.95 bits per heavy atom. The highest BCUT2D eigenvalue weighted by molar-refractivity contribution is 6.31. The van der Waals surface area contributed by atoms with Crippen molar-refractivity contribution in [3.63, 3.8) is 0 Å². The topological polar surface area (TPSA) is 45.7 Å². The molecule has 1 aliphatic rings. The van der Waals surface area contributed by atoms with Crippen LogP contribution in [-0.2, 0) is 4.79 Å². The number of aryl methyl sites for hydroxylation is 1. The van der Waals surface area contributed by atoms with Crippen molar-refractivity contribution < 1.29 is 10.1 Å². The third-order valence-electron chi connectivity index (χ3n) is 3.97. The maximum absolute atomic E-state index is 12.7. The summed E-state index contributed by atoms with van der Waals surface area (Å²) < 4.78 is 0. The van der Waals surface area contributed by atoms with Gasteiger partial charge >= 0.3 is 0 Å². The normalized spacial score (nSPS) is 15.4. The Hall–Kier alpha value is -1.84. The van der Waals surface area contributed by atoms with E-state index < -0.39 is 0 Å². The lowest BCUT2D eigenvalue weighted by molar-refractivity contribution is -0.695. The Morgan fingerprint density at radius 3 is 2.59 bits per heavy atom. The first-order valence-electron chi connectivity index (χ1n) is 7.60.